The number of thiazole rings is 1. The lowest BCUT2D eigenvalue weighted by atomic mass is 10.2. The van der Waals surface area contributed by atoms with E-state index in [0.29, 0.717) is 0 Å². The van der Waals surface area contributed by atoms with Gasteiger partial charge in [-0.15, -0.1) is 0 Å². The van der Waals surface area contributed by atoms with Gasteiger partial charge >= 0.3 is 0 Å². The second-order valence-corrected chi connectivity index (χ2v) is 6.04. The Bertz CT molecular complexity index is 645. The SMILES string of the molecule is Brc1ccc(CNNc2nc3ccccc3s2)cc1. The summed E-state index contributed by atoms with van der Waals surface area (Å²) in [6.45, 7) is 0.753. The Morgan fingerprint density at radius 3 is 2.63 bits per heavy atom. The van der Waals surface area contributed by atoms with Crippen LogP contribution in [0.1, 0.15) is 5.56 Å². The highest BCUT2D eigenvalue weighted by molar-refractivity contribution is 9.10. The first-order chi connectivity index (χ1) is 9.31. The van der Waals surface area contributed by atoms with Gasteiger partial charge in [0.15, 0.2) is 5.13 Å². The fourth-order valence-corrected chi connectivity index (χ4v) is 2.85. The van der Waals surface area contributed by atoms with Gasteiger partial charge in [-0.25, -0.2) is 10.4 Å². The van der Waals surface area contributed by atoms with Crippen molar-refractivity contribution in [1.82, 2.24) is 10.4 Å². The number of benzene rings is 2. The minimum atomic E-state index is 0.753. The molecular weight excluding hydrogens is 322 g/mol. The Kier molecular flexibility index (Phi) is 3.77. The number of nitrogens with one attached hydrogen (secondary N) is 2. The number of hydrazine groups is 1. The number of aromatic nitrogens is 1. The molecule has 0 amide bonds. The zero-order chi connectivity index (χ0) is 13.1. The Hall–Kier alpha value is -1.43. The van der Waals surface area contributed by atoms with Crippen LogP contribution in [0.15, 0.2) is 53.0 Å². The summed E-state index contributed by atoms with van der Waals surface area (Å²) in [4.78, 5) is 4.50. The molecule has 0 unspecified atom stereocenters. The molecule has 19 heavy (non-hydrogen) atoms. The van der Waals surface area contributed by atoms with E-state index in [2.05, 4.69) is 50.0 Å². The van der Waals surface area contributed by atoms with Gasteiger partial charge in [0.05, 0.1) is 10.2 Å². The summed E-state index contributed by atoms with van der Waals surface area (Å²) in [5.41, 5.74) is 8.57. The highest BCUT2D eigenvalue weighted by Crippen LogP contribution is 2.24. The second kappa shape index (κ2) is 5.69. The topological polar surface area (TPSA) is 37.0 Å². The maximum atomic E-state index is 4.50. The molecule has 1 aromatic heterocycles. The van der Waals surface area contributed by atoms with Crippen LogP contribution in [0, 0.1) is 0 Å². The number of hydrogen-bond donors (Lipinski definition) is 2. The fourth-order valence-electron chi connectivity index (χ4n) is 1.75. The summed E-state index contributed by atoms with van der Waals surface area (Å²) in [6, 6.07) is 16.4. The number of fused-ring (bicyclic) bond motifs is 1. The summed E-state index contributed by atoms with van der Waals surface area (Å²) in [5, 5.41) is 0.887. The lowest BCUT2D eigenvalue weighted by molar-refractivity contribution is 0.800. The molecule has 96 valence electrons. The van der Waals surface area contributed by atoms with E-state index in [1.165, 1.54) is 10.3 Å². The van der Waals surface area contributed by atoms with Crippen molar-refractivity contribution in [3.63, 3.8) is 0 Å². The molecule has 0 saturated heterocycles. The Labute approximate surface area is 123 Å². The third kappa shape index (κ3) is 3.12. The van der Waals surface area contributed by atoms with Crippen LogP contribution in [-0.4, -0.2) is 4.98 Å². The van der Waals surface area contributed by atoms with Crippen LogP contribution in [0.2, 0.25) is 0 Å². The first kappa shape index (κ1) is 12.6. The van der Waals surface area contributed by atoms with Crippen LogP contribution < -0.4 is 10.9 Å². The Morgan fingerprint density at radius 1 is 1.05 bits per heavy atom. The zero-order valence-electron chi connectivity index (χ0n) is 10.1. The standard InChI is InChI=1S/C14H12BrN3S/c15-11-7-5-10(6-8-11)9-16-18-14-17-12-3-1-2-4-13(12)19-14/h1-8,16H,9H2,(H,17,18). The van der Waals surface area contributed by atoms with Gasteiger partial charge in [0, 0.05) is 11.0 Å². The summed E-state index contributed by atoms with van der Waals surface area (Å²) < 4.78 is 2.28. The van der Waals surface area contributed by atoms with Gasteiger partial charge in [0.1, 0.15) is 0 Å². The third-order valence-electron chi connectivity index (χ3n) is 2.69. The van der Waals surface area contributed by atoms with Crippen LogP contribution in [0.5, 0.6) is 0 Å². The molecule has 0 atom stereocenters. The molecule has 0 spiro atoms. The molecule has 0 fully saturated rings. The molecule has 2 aromatic carbocycles. The normalized spacial score (nSPS) is 10.8. The number of anilines is 1. The molecular formula is C14H12BrN3S. The summed E-state index contributed by atoms with van der Waals surface area (Å²) in [6.07, 6.45) is 0. The molecule has 2 N–H and O–H groups in total. The van der Waals surface area contributed by atoms with Crippen molar-refractivity contribution >= 4 is 42.6 Å². The van der Waals surface area contributed by atoms with Gasteiger partial charge in [-0.05, 0) is 29.8 Å². The summed E-state index contributed by atoms with van der Waals surface area (Å²) in [5.74, 6) is 0. The van der Waals surface area contributed by atoms with E-state index in [-0.39, 0.29) is 0 Å². The van der Waals surface area contributed by atoms with Gasteiger partial charge in [-0.3, -0.25) is 5.43 Å². The molecule has 5 heteroatoms. The lowest BCUT2D eigenvalue weighted by Crippen LogP contribution is -2.20. The average molecular weight is 334 g/mol. The average Bonchev–Trinajstić information content (AvgIpc) is 2.83. The fraction of sp³-hybridized carbons (Fsp3) is 0.0714. The van der Waals surface area contributed by atoms with Crippen LogP contribution >= 0.6 is 27.3 Å². The van der Waals surface area contributed by atoms with Gasteiger partial charge in [-0.1, -0.05) is 51.5 Å². The first-order valence-corrected chi connectivity index (χ1v) is 7.51. The molecule has 0 radical (unpaired) electrons. The minimum absolute atomic E-state index is 0.753. The third-order valence-corrected chi connectivity index (χ3v) is 4.18. The summed E-state index contributed by atoms with van der Waals surface area (Å²) in [7, 11) is 0. The highest BCUT2D eigenvalue weighted by Gasteiger charge is 2.01. The maximum Gasteiger partial charge on any atom is 0.198 e. The van der Waals surface area contributed by atoms with Crippen LogP contribution in [0.3, 0.4) is 0 Å². The second-order valence-electron chi connectivity index (χ2n) is 4.09. The van der Waals surface area contributed by atoms with E-state index in [4.69, 9.17) is 0 Å². The van der Waals surface area contributed by atoms with Crippen LogP contribution in [0.4, 0.5) is 5.13 Å². The van der Waals surface area contributed by atoms with Gasteiger partial charge in [0.2, 0.25) is 0 Å². The van der Waals surface area contributed by atoms with Crippen molar-refractivity contribution in [1.29, 1.82) is 0 Å². The number of halogens is 1. The molecule has 3 rings (SSSR count). The van der Waals surface area contributed by atoms with Crippen molar-refractivity contribution in [2.24, 2.45) is 0 Å². The quantitative estimate of drug-likeness (QED) is 0.703. The predicted molar refractivity (Wildman–Crippen MR) is 84.2 cm³/mol. The van der Waals surface area contributed by atoms with Crippen molar-refractivity contribution in [3.05, 3.63) is 58.6 Å². The minimum Gasteiger partial charge on any atom is -0.297 e. The van der Waals surface area contributed by atoms with Crippen molar-refractivity contribution in [3.8, 4) is 0 Å². The van der Waals surface area contributed by atoms with Gasteiger partial charge < -0.3 is 0 Å². The van der Waals surface area contributed by atoms with E-state index >= 15 is 0 Å². The Balaban J connectivity index is 1.61. The monoisotopic (exact) mass is 333 g/mol. The number of hydrogen-bond acceptors (Lipinski definition) is 4. The van der Waals surface area contributed by atoms with E-state index in [1.54, 1.807) is 11.3 Å². The highest BCUT2D eigenvalue weighted by atomic mass is 79.9. The molecule has 0 aliphatic heterocycles. The smallest absolute Gasteiger partial charge is 0.198 e. The van der Waals surface area contributed by atoms with E-state index in [1.807, 2.05) is 30.3 Å². The molecule has 0 bridgehead atoms. The lowest BCUT2D eigenvalue weighted by Gasteiger charge is -2.05. The molecule has 0 aliphatic rings. The summed E-state index contributed by atoms with van der Waals surface area (Å²) >= 11 is 5.07. The predicted octanol–water partition coefficient (Wildman–Crippen LogP) is 4.18. The van der Waals surface area contributed by atoms with Crippen molar-refractivity contribution in [2.75, 3.05) is 5.43 Å². The van der Waals surface area contributed by atoms with Crippen LogP contribution in [-0.2, 0) is 6.54 Å². The molecule has 3 aromatic rings. The van der Waals surface area contributed by atoms with E-state index in [9.17, 15) is 0 Å². The molecule has 0 saturated carbocycles. The van der Waals surface area contributed by atoms with E-state index in [0.717, 1.165) is 21.7 Å². The molecule has 3 nitrogen and oxygen atoms in total. The molecule has 0 aliphatic carbocycles. The maximum absolute atomic E-state index is 4.50. The van der Waals surface area contributed by atoms with Crippen molar-refractivity contribution < 1.29 is 0 Å². The number of para-hydroxylation sites is 1. The number of rotatable bonds is 4. The number of nitrogens with zero attached hydrogens (tertiary/aromatic N) is 1. The largest absolute Gasteiger partial charge is 0.297 e. The zero-order valence-corrected chi connectivity index (χ0v) is 12.5. The van der Waals surface area contributed by atoms with Gasteiger partial charge in [0.25, 0.3) is 0 Å². The van der Waals surface area contributed by atoms with Crippen molar-refractivity contribution in [2.45, 2.75) is 6.54 Å². The van der Waals surface area contributed by atoms with Gasteiger partial charge in [-0.2, -0.15) is 0 Å². The molecule has 1 heterocycles. The Morgan fingerprint density at radius 2 is 1.84 bits per heavy atom. The first-order valence-electron chi connectivity index (χ1n) is 5.90. The van der Waals surface area contributed by atoms with Crippen LogP contribution in [0.25, 0.3) is 10.2 Å². The van der Waals surface area contributed by atoms with E-state index < -0.39 is 0 Å².